The van der Waals surface area contributed by atoms with Gasteiger partial charge >= 0.3 is 0 Å². The Morgan fingerprint density at radius 3 is 2.56 bits per heavy atom. The summed E-state index contributed by atoms with van der Waals surface area (Å²) in [4.78, 5) is 4.07. The van der Waals surface area contributed by atoms with Crippen LogP contribution >= 0.6 is 15.9 Å². The van der Waals surface area contributed by atoms with E-state index in [1.165, 1.54) is 4.31 Å². The molecule has 18 heavy (non-hydrogen) atoms. The van der Waals surface area contributed by atoms with Gasteiger partial charge in [0.25, 0.3) is 10.0 Å². The van der Waals surface area contributed by atoms with Gasteiger partial charge in [-0.2, -0.15) is 4.31 Å². The number of alkyl halides is 1. The van der Waals surface area contributed by atoms with Crippen LogP contribution in [0.5, 0.6) is 0 Å². The van der Waals surface area contributed by atoms with Crippen LogP contribution in [0.3, 0.4) is 0 Å². The summed E-state index contributed by atoms with van der Waals surface area (Å²) >= 11 is 3.36. The lowest BCUT2D eigenvalue weighted by Gasteiger charge is -2.15. The minimum Gasteiger partial charge on any atom is -0.337 e. The van der Waals surface area contributed by atoms with Crippen LogP contribution in [0.4, 0.5) is 0 Å². The zero-order chi connectivity index (χ0) is 13.8. The van der Waals surface area contributed by atoms with Crippen molar-refractivity contribution in [2.75, 3.05) is 18.9 Å². The molecule has 0 aliphatic rings. The Hall–Kier alpha value is -0.400. The predicted octanol–water partition coefficient (Wildman–Crippen LogP) is 1.91. The standard InChI is InChI=1S/C11H20BrN3O2S/c1-10-13-11(9-14(10)2)18(16,17)15(3)8-6-4-5-7-12/h9H,4-8H2,1-3H3. The van der Waals surface area contributed by atoms with Crippen molar-refractivity contribution in [3.63, 3.8) is 0 Å². The van der Waals surface area contributed by atoms with Gasteiger partial charge in [0, 0.05) is 32.2 Å². The molecule has 0 aliphatic carbocycles. The highest BCUT2D eigenvalue weighted by Crippen LogP contribution is 2.14. The molecule has 0 unspecified atom stereocenters. The normalized spacial score (nSPS) is 12.3. The SMILES string of the molecule is Cc1nc(S(=O)(=O)N(C)CCCCCBr)cn1C. The average Bonchev–Trinajstić information content (AvgIpc) is 2.65. The Morgan fingerprint density at radius 1 is 1.39 bits per heavy atom. The summed E-state index contributed by atoms with van der Waals surface area (Å²) in [5.41, 5.74) is 0. The van der Waals surface area contributed by atoms with Crippen molar-refractivity contribution in [2.45, 2.75) is 31.2 Å². The van der Waals surface area contributed by atoms with E-state index in [1.54, 1.807) is 31.8 Å². The van der Waals surface area contributed by atoms with E-state index < -0.39 is 10.0 Å². The third-order valence-corrected chi connectivity index (χ3v) is 5.16. The van der Waals surface area contributed by atoms with E-state index in [-0.39, 0.29) is 5.03 Å². The number of rotatable bonds is 7. The first-order valence-electron chi connectivity index (χ1n) is 5.92. The summed E-state index contributed by atoms with van der Waals surface area (Å²) in [5.74, 6) is 0.696. The molecule has 0 spiro atoms. The minimum absolute atomic E-state index is 0.130. The number of hydrogen-bond acceptors (Lipinski definition) is 3. The van der Waals surface area contributed by atoms with Crippen molar-refractivity contribution in [3.8, 4) is 0 Å². The average molecular weight is 338 g/mol. The Kier molecular flexibility index (Phi) is 5.81. The maximum absolute atomic E-state index is 12.2. The third-order valence-electron chi connectivity index (χ3n) is 2.87. The van der Waals surface area contributed by atoms with E-state index in [2.05, 4.69) is 20.9 Å². The van der Waals surface area contributed by atoms with Crippen molar-refractivity contribution in [1.82, 2.24) is 13.9 Å². The Morgan fingerprint density at radius 2 is 2.06 bits per heavy atom. The topological polar surface area (TPSA) is 55.2 Å². The van der Waals surface area contributed by atoms with E-state index >= 15 is 0 Å². The molecule has 0 saturated heterocycles. The van der Waals surface area contributed by atoms with Crippen molar-refractivity contribution in [3.05, 3.63) is 12.0 Å². The Balaban J connectivity index is 2.68. The number of nitrogens with zero attached hydrogens (tertiary/aromatic N) is 3. The van der Waals surface area contributed by atoms with Crippen LogP contribution in [0.25, 0.3) is 0 Å². The molecule has 0 fully saturated rings. The highest BCUT2D eigenvalue weighted by atomic mass is 79.9. The van der Waals surface area contributed by atoms with Gasteiger partial charge in [-0.15, -0.1) is 0 Å². The van der Waals surface area contributed by atoms with E-state index in [0.29, 0.717) is 12.4 Å². The Labute approximate surface area is 117 Å². The first-order chi connectivity index (χ1) is 8.39. The van der Waals surface area contributed by atoms with E-state index in [1.807, 2.05) is 0 Å². The lowest BCUT2D eigenvalue weighted by Crippen LogP contribution is -2.28. The van der Waals surface area contributed by atoms with Crippen molar-refractivity contribution in [1.29, 1.82) is 0 Å². The quantitative estimate of drug-likeness (QED) is 0.564. The first kappa shape index (κ1) is 15.7. The second-order valence-electron chi connectivity index (χ2n) is 4.31. The lowest BCUT2D eigenvalue weighted by atomic mass is 10.2. The van der Waals surface area contributed by atoms with Crippen LogP contribution in [0.15, 0.2) is 11.2 Å². The summed E-state index contributed by atoms with van der Waals surface area (Å²) in [7, 11) is -0.0445. The second-order valence-corrected chi connectivity index (χ2v) is 7.10. The van der Waals surface area contributed by atoms with Crippen molar-refractivity contribution >= 4 is 26.0 Å². The van der Waals surface area contributed by atoms with Gasteiger partial charge in [0.1, 0.15) is 5.82 Å². The highest BCUT2D eigenvalue weighted by molar-refractivity contribution is 9.09. The lowest BCUT2D eigenvalue weighted by molar-refractivity contribution is 0.452. The van der Waals surface area contributed by atoms with Gasteiger partial charge in [0.15, 0.2) is 5.03 Å². The molecule has 1 aromatic rings. The molecule has 0 amide bonds. The van der Waals surface area contributed by atoms with Gasteiger partial charge in [-0.05, 0) is 19.8 Å². The van der Waals surface area contributed by atoms with E-state index in [9.17, 15) is 8.42 Å². The molecule has 0 bridgehead atoms. The number of imidazole rings is 1. The molecule has 0 N–H and O–H groups in total. The highest BCUT2D eigenvalue weighted by Gasteiger charge is 2.23. The van der Waals surface area contributed by atoms with Crippen molar-refractivity contribution < 1.29 is 8.42 Å². The fourth-order valence-electron chi connectivity index (χ4n) is 1.54. The first-order valence-corrected chi connectivity index (χ1v) is 8.48. The van der Waals surface area contributed by atoms with Crippen LogP contribution in [0, 0.1) is 6.92 Å². The molecule has 1 aromatic heterocycles. The molecule has 0 aliphatic heterocycles. The van der Waals surface area contributed by atoms with Gasteiger partial charge < -0.3 is 4.57 Å². The molecule has 5 nitrogen and oxygen atoms in total. The maximum atomic E-state index is 12.2. The summed E-state index contributed by atoms with van der Waals surface area (Å²) in [6, 6.07) is 0. The van der Waals surface area contributed by atoms with Crippen molar-refractivity contribution in [2.24, 2.45) is 7.05 Å². The predicted molar refractivity (Wildman–Crippen MR) is 75.4 cm³/mol. The molecule has 1 rings (SSSR count). The van der Waals surface area contributed by atoms with Gasteiger partial charge in [-0.3, -0.25) is 0 Å². The van der Waals surface area contributed by atoms with Gasteiger partial charge in [0.05, 0.1) is 0 Å². The zero-order valence-electron chi connectivity index (χ0n) is 11.1. The fraction of sp³-hybridized carbons (Fsp3) is 0.727. The third kappa shape index (κ3) is 3.80. The smallest absolute Gasteiger partial charge is 0.261 e. The fourth-order valence-corrected chi connectivity index (χ4v) is 3.16. The molecular formula is C11H20BrN3O2S. The molecule has 1 heterocycles. The largest absolute Gasteiger partial charge is 0.337 e. The van der Waals surface area contributed by atoms with E-state index in [0.717, 1.165) is 24.6 Å². The summed E-state index contributed by atoms with van der Waals surface area (Å²) in [6.45, 7) is 2.32. The van der Waals surface area contributed by atoms with E-state index in [4.69, 9.17) is 0 Å². The van der Waals surface area contributed by atoms with Crippen LogP contribution < -0.4 is 0 Å². The number of aromatic nitrogens is 2. The Bertz CT molecular complexity index is 465. The van der Waals surface area contributed by atoms with Crippen LogP contribution in [-0.2, 0) is 17.1 Å². The number of sulfonamides is 1. The molecule has 0 saturated carbocycles. The van der Waals surface area contributed by atoms with Crippen LogP contribution in [0.2, 0.25) is 0 Å². The number of unbranched alkanes of at least 4 members (excludes halogenated alkanes) is 2. The summed E-state index contributed by atoms with van der Waals surface area (Å²) in [5, 5.41) is 1.09. The van der Waals surface area contributed by atoms with Gasteiger partial charge in [-0.25, -0.2) is 13.4 Å². The minimum atomic E-state index is -3.44. The zero-order valence-corrected chi connectivity index (χ0v) is 13.5. The maximum Gasteiger partial charge on any atom is 0.261 e. The van der Waals surface area contributed by atoms with Gasteiger partial charge in [0.2, 0.25) is 0 Å². The van der Waals surface area contributed by atoms with Gasteiger partial charge in [-0.1, -0.05) is 22.4 Å². The molecule has 0 aromatic carbocycles. The number of halogens is 1. The second kappa shape index (κ2) is 6.68. The molecule has 7 heteroatoms. The van der Waals surface area contributed by atoms with Crippen LogP contribution in [0.1, 0.15) is 25.1 Å². The molecule has 0 atom stereocenters. The monoisotopic (exact) mass is 337 g/mol. The van der Waals surface area contributed by atoms with Crippen LogP contribution in [-0.4, -0.2) is 41.2 Å². The molecule has 104 valence electrons. The number of aryl methyl sites for hydroxylation is 2. The summed E-state index contributed by atoms with van der Waals surface area (Å²) in [6.07, 6.45) is 4.51. The molecule has 0 radical (unpaired) electrons. The number of hydrogen-bond donors (Lipinski definition) is 0. The summed E-state index contributed by atoms with van der Waals surface area (Å²) < 4.78 is 27.5. The molecular weight excluding hydrogens is 318 g/mol.